The van der Waals surface area contributed by atoms with Crippen LogP contribution in [0.25, 0.3) is 5.70 Å². The van der Waals surface area contributed by atoms with E-state index in [0.717, 1.165) is 17.1 Å². The monoisotopic (exact) mass is 445 g/mol. The predicted octanol–water partition coefficient (Wildman–Crippen LogP) is 4.70. The lowest BCUT2D eigenvalue weighted by atomic mass is 9.94. The van der Waals surface area contributed by atoms with Crippen LogP contribution in [0.4, 0.5) is 32.0 Å². The Bertz CT molecular complexity index is 967. The summed E-state index contributed by atoms with van der Waals surface area (Å²) in [5.74, 6) is 0.211. The SMILES string of the molecule is CCC1=C2c3cc(C(F)(F)F)ccc3N=C(N3CCN(C)CC3)N2N=C(C(F)(F)F)C1. The van der Waals surface area contributed by atoms with Gasteiger partial charge in [0.1, 0.15) is 5.71 Å². The molecule has 0 spiro atoms. The average molecular weight is 445 g/mol. The molecule has 1 saturated heterocycles. The lowest BCUT2D eigenvalue weighted by Crippen LogP contribution is -2.52. The largest absolute Gasteiger partial charge is 0.431 e. The number of allylic oxidation sites excluding steroid dienone is 1. The molecule has 0 unspecified atom stereocenters. The molecule has 168 valence electrons. The first kappa shape index (κ1) is 21.7. The van der Waals surface area contributed by atoms with Gasteiger partial charge in [0, 0.05) is 38.2 Å². The van der Waals surface area contributed by atoms with Gasteiger partial charge in [-0.3, -0.25) is 0 Å². The summed E-state index contributed by atoms with van der Waals surface area (Å²) in [7, 11) is 1.94. The molecule has 1 aromatic carbocycles. The molecule has 0 aromatic heterocycles. The molecular formula is C20H21F6N5. The van der Waals surface area contributed by atoms with E-state index in [2.05, 4.69) is 15.0 Å². The first-order valence-electron chi connectivity index (χ1n) is 9.89. The number of piperazine rings is 1. The van der Waals surface area contributed by atoms with Gasteiger partial charge in [-0.25, -0.2) is 4.99 Å². The van der Waals surface area contributed by atoms with Gasteiger partial charge in [0.05, 0.1) is 16.9 Å². The molecule has 0 amide bonds. The van der Waals surface area contributed by atoms with Crippen molar-refractivity contribution in [1.82, 2.24) is 14.8 Å². The molecule has 31 heavy (non-hydrogen) atoms. The molecule has 1 fully saturated rings. The average Bonchev–Trinajstić information content (AvgIpc) is 2.71. The van der Waals surface area contributed by atoms with Crippen molar-refractivity contribution < 1.29 is 26.3 Å². The van der Waals surface area contributed by atoms with Crippen LogP contribution in [0.3, 0.4) is 0 Å². The summed E-state index contributed by atoms with van der Waals surface area (Å²) in [6, 6.07) is 3.17. The van der Waals surface area contributed by atoms with Crippen LogP contribution in [0.1, 0.15) is 30.9 Å². The smallest absolute Gasteiger partial charge is 0.338 e. The molecular weight excluding hydrogens is 424 g/mol. The van der Waals surface area contributed by atoms with Crippen LogP contribution in [0.5, 0.6) is 0 Å². The third-order valence-electron chi connectivity index (χ3n) is 5.68. The molecule has 0 bridgehead atoms. The lowest BCUT2D eigenvalue weighted by Gasteiger charge is -2.41. The number of rotatable bonds is 1. The Morgan fingerprint density at radius 2 is 1.65 bits per heavy atom. The molecule has 11 heteroatoms. The molecule has 3 aliphatic heterocycles. The van der Waals surface area contributed by atoms with Gasteiger partial charge in [0.15, 0.2) is 0 Å². The highest BCUT2D eigenvalue weighted by Crippen LogP contribution is 2.44. The predicted molar refractivity (Wildman–Crippen MR) is 105 cm³/mol. The molecule has 0 N–H and O–H groups in total. The van der Waals surface area contributed by atoms with Gasteiger partial charge in [-0.05, 0) is 37.2 Å². The van der Waals surface area contributed by atoms with E-state index in [1.165, 1.54) is 6.07 Å². The Morgan fingerprint density at radius 3 is 2.23 bits per heavy atom. The van der Waals surface area contributed by atoms with Crippen molar-refractivity contribution in [2.45, 2.75) is 32.1 Å². The van der Waals surface area contributed by atoms with Gasteiger partial charge in [0.25, 0.3) is 0 Å². The number of fused-ring (bicyclic) bond motifs is 3. The highest BCUT2D eigenvalue weighted by molar-refractivity contribution is 6.03. The van der Waals surface area contributed by atoms with Crippen molar-refractivity contribution in [3.8, 4) is 0 Å². The zero-order valence-electron chi connectivity index (χ0n) is 17.0. The quantitative estimate of drug-likeness (QED) is 0.588. The lowest BCUT2D eigenvalue weighted by molar-refractivity contribution is -0.137. The van der Waals surface area contributed by atoms with Crippen molar-refractivity contribution in [3.05, 3.63) is 34.9 Å². The van der Waals surface area contributed by atoms with Crippen LogP contribution in [-0.2, 0) is 6.18 Å². The van der Waals surface area contributed by atoms with Gasteiger partial charge >= 0.3 is 12.4 Å². The second kappa shape index (κ2) is 7.54. The number of halogens is 6. The fourth-order valence-electron chi connectivity index (χ4n) is 3.91. The Hall–Kier alpha value is -2.56. The minimum absolute atomic E-state index is 0.148. The second-order valence-electron chi connectivity index (χ2n) is 7.77. The van der Waals surface area contributed by atoms with Crippen LogP contribution in [-0.4, -0.2) is 65.9 Å². The van der Waals surface area contributed by atoms with Crippen molar-refractivity contribution in [2.75, 3.05) is 33.2 Å². The molecule has 5 nitrogen and oxygen atoms in total. The maximum atomic E-state index is 13.6. The first-order valence-corrected chi connectivity index (χ1v) is 9.89. The Labute approximate surface area is 175 Å². The number of guanidine groups is 1. The molecule has 0 aliphatic carbocycles. The normalized spacial score (nSPS) is 20.4. The maximum absolute atomic E-state index is 13.6. The topological polar surface area (TPSA) is 34.4 Å². The molecule has 0 radical (unpaired) electrons. The van der Waals surface area contributed by atoms with Crippen LogP contribution in [0.2, 0.25) is 0 Å². The third kappa shape index (κ3) is 4.02. The van der Waals surface area contributed by atoms with E-state index < -0.39 is 30.0 Å². The summed E-state index contributed by atoms with van der Waals surface area (Å²) >= 11 is 0. The van der Waals surface area contributed by atoms with E-state index in [0.29, 0.717) is 37.4 Å². The number of aliphatic imine (C=N–C) groups is 1. The standard InChI is InChI=1S/C20H21F6N5/c1-3-12-10-16(20(24,25)26)28-31-17(12)14-11-13(19(21,22)23)4-5-15(14)27-18(31)30-8-6-29(2)7-9-30/h4-5,11H,3,6-10H2,1-2H3. The summed E-state index contributed by atoms with van der Waals surface area (Å²) in [5.41, 5.74) is -0.771. The number of hydrazone groups is 1. The Balaban J connectivity index is 1.90. The molecule has 3 aliphatic rings. The van der Waals surface area contributed by atoms with Crippen LogP contribution < -0.4 is 0 Å². The van der Waals surface area contributed by atoms with Gasteiger partial charge in [-0.2, -0.15) is 36.5 Å². The molecule has 4 rings (SSSR count). The van der Waals surface area contributed by atoms with E-state index in [1.54, 1.807) is 6.92 Å². The molecule has 0 saturated carbocycles. The van der Waals surface area contributed by atoms with Gasteiger partial charge < -0.3 is 9.80 Å². The van der Waals surface area contributed by atoms with E-state index in [4.69, 9.17) is 0 Å². The Morgan fingerprint density at radius 1 is 0.968 bits per heavy atom. The molecule has 1 aromatic rings. The van der Waals surface area contributed by atoms with Crippen LogP contribution >= 0.6 is 0 Å². The number of benzene rings is 1. The fraction of sp³-hybridized carbons (Fsp3) is 0.500. The van der Waals surface area contributed by atoms with Gasteiger partial charge in [-0.15, -0.1) is 0 Å². The van der Waals surface area contributed by atoms with E-state index in [1.807, 2.05) is 11.9 Å². The minimum atomic E-state index is -4.65. The highest BCUT2D eigenvalue weighted by Gasteiger charge is 2.43. The summed E-state index contributed by atoms with van der Waals surface area (Å²) in [4.78, 5) is 8.37. The van der Waals surface area contributed by atoms with Crippen molar-refractivity contribution >= 4 is 23.1 Å². The fourth-order valence-corrected chi connectivity index (χ4v) is 3.91. The summed E-state index contributed by atoms with van der Waals surface area (Å²) in [6.45, 7) is 4.10. The summed E-state index contributed by atoms with van der Waals surface area (Å²) < 4.78 is 80.7. The van der Waals surface area contributed by atoms with Crippen molar-refractivity contribution in [2.24, 2.45) is 10.1 Å². The second-order valence-corrected chi connectivity index (χ2v) is 7.77. The maximum Gasteiger partial charge on any atom is 0.431 e. The zero-order valence-corrected chi connectivity index (χ0v) is 17.0. The third-order valence-corrected chi connectivity index (χ3v) is 5.68. The van der Waals surface area contributed by atoms with E-state index in [-0.39, 0.29) is 23.6 Å². The minimum Gasteiger partial charge on any atom is -0.338 e. The summed E-state index contributed by atoms with van der Waals surface area (Å²) in [5, 5.41) is 4.94. The van der Waals surface area contributed by atoms with Gasteiger partial charge in [0.2, 0.25) is 5.96 Å². The van der Waals surface area contributed by atoms with Crippen molar-refractivity contribution in [1.29, 1.82) is 0 Å². The zero-order chi connectivity index (χ0) is 22.6. The van der Waals surface area contributed by atoms with Gasteiger partial charge in [-0.1, -0.05) is 6.92 Å². The van der Waals surface area contributed by atoms with Crippen LogP contribution in [0.15, 0.2) is 33.9 Å². The first-order chi connectivity index (χ1) is 14.5. The van der Waals surface area contributed by atoms with E-state index in [9.17, 15) is 26.3 Å². The highest BCUT2D eigenvalue weighted by atomic mass is 19.4. The number of hydrogen-bond donors (Lipinski definition) is 0. The summed E-state index contributed by atoms with van der Waals surface area (Å²) in [6.07, 6.45) is -9.44. The number of likely N-dealkylation sites (N-methyl/N-ethyl adjacent to an activating group) is 1. The van der Waals surface area contributed by atoms with E-state index >= 15 is 0 Å². The number of nitrogens with zero attached hydrogens (tertiary/aromatic N) is 5. The number of alkyl halides is 6. The van der Waals surface area contributed by atoms with Crippen molar-refractivity contribution in [3.63, 3.8) is 0 Å². The molecule has 3 heterocycles. The molecule has 0 atom stereocenters. The number of hydrogen-bond acceptors (Lipinski definition) is 5. The van der Waals surface area contributed by atoms with Crippen LogP contribution in [0, 0.1) is 0 Å². The Kier molecular flexibility index (Phi) is 5.27.